The van der Waals surface area contributed by atoms with Gasteiger partial charge in [-0.1, -0.05) is 42.0 Å². The van der Waals surface area contributed by atoms with E-state index in [9.17, 15) is 0 Å². The predicted molar refractivity (Wildman–Crippen MR) is 111 cm³/mol. The quantitative estimate of drug-likeness (QED) is 0.588. The normalized spacial score (nSPS) is 17.5. The molecule has 0 amide bonds. The van der Waals surface area contributed by atoms with Crippen LogP contribution in [-0.2, 0) is 6.42 Å². The minimum atomic E-state index is 0.700. The first-order chi connectivity index (χ1) is 13.1. The van der Waals surface area contributed by atoms with Gasteiger partial charge >= 0.3 is 0 Å². The van der Waals surface area contributed by atoms with Gasteiger partial charge in [0.2, 0.25) is 5.89 Å². The van der Waals surface area contributed by atoms with Gasteiger partial charge in [-0.05, 0) is 63.4 Å². The van der Waals surface area contributed by atoms with Crippen molar-refractivity contribution in [3.05, 3.63) is 65.5 Å². The molecule has 1 unspecified atom stereocenters. The molecule has 1 fully saturated rings. The Kier molecular flexibility index (Phi) is 5.13. The highest BCUT2D eigenvalue weighted by Crippen LogP contribution is 2.26. The van der Waals surface area contributed by atoms with Gasteiger partial charge in [0.05, 0.1) is 5.69 Å². The summed E-state index contributed by atoms with van der Waals surface area (Å²) in [6, 6.07) is 17.8. The lowest BCUT2D eigenvalue weighted by molar-refractivity contribution is 0.271. The second-order valence-electron chi connectivity index (χ2n) is 7.74. The van der Waals surface area contributed by atoms with Gasteiger partial charge in [-0.15, -0.1) is 0 Å². The maximum atomic E-state index is 5.97. The van der Waals surface area contributed by atoms with Crippen LogP contribution >= 0.6 is 0 Å². The first-order valence-electron chi connectivity index (χ1n) is 9.98. The van der Waals surface area contributed by atoms with Gasteiger partial charge in [0.1, 0.15) is 5.76 Å². The van der Waals surface area contributed by atoms with Crippen LogP contribution in [0.4, 0.5) is 0 Å². The summed E-state index contributed by atoms with van der Waals surface area (Å²) in [5.74, 6) is 1.67. The summed E-state index contributed by atoms with van der Waals surface area (Å²) in [7, 11) is 0. The molecule has 1 atom stereocenters. The number of rotatable bonds is 5. The number of likely N-dealkylation sites (tertiary alicyclic amines) is 1. The van der Waals surface area contributed by atoms with Gasteiger partial charge in [0, 0.05) is 24.6 Å². The van der Waals surface area contributed by atoms with Crippen molar-refractivity contribution in [1.29, 1.82) is 0 Å². The molecule has 27 heavy (non-hydrogen) atoms. The van der Waals surface area contributed by atoms with E-state index in [4.69, 9.17) is 9.40 Å². The van der Waals surface area contributed by atoms with Crippen molar-refractivity contribution in [3.63, 3.8) is 0 Å². The monoisotopic (exact) mass is 360 g/mol. The molecule has 3 nitrogen and oxygen atoms in total. The van der Waals surface area contributed by atoms with E-state index in [0.717, 1.165) is 35.9 Å². The Hall–Kier alpha value is -2.39. The van der Waals surface area contributed by atoms with Gasteiger partial charge in [-0.3, -0.25) is 0 Å². The van der Waals surface area contributed by atoms with E-state index < -0.39 is 0 Å². The standard InChI is InChI=1S/C24H28N2O/c1-17-6-8-20(9-7-17)21-10-12-22(13-11-21)24-25-23(19(3)27-24)14-16-26-15-4-5-18(26)2/h6-13,18H,4-5,14-16H2,1-3H3. The zero-order valence-electron chi connectivity index (χ0n) is 16.5. The average molecular weight is 361 g/mol. The van der Waals surface area contributed by atoms with Gasteiger partial charge in [-0.25, -0.2) is 4.98 Å². The number of benzene rings is 2. The maximum absolute atomic E-state index is 5.97. The van der Waals surface area contributed by atoms with E-state index >= 15 is 0 Å². The topological polar surface area (TPSA) is 29.3 Å². The van der Waals surface area contributed by atoms with Crippen LogP contribution in [0.5, 0.6) is 0 Å². The minimum absolute atomic E-state index is 0.700. The third kappa shape index (κ3) is 3.98. The van der Waals surface area contributed by atoms with E-state index in [0.29, 0.717) is 6.04 Å². The second-order valence-corrected chi connectivity index (χ2v) is 7.74. The summed E-state index contributed by atoms with van der Waals surface area (Å²) in [5.41, 5.74) is 5.85. The number of nitrogens with zero attached hydrogens (tertiary/aromatic N) is 2. The van der Waals surface area contributed by atoms with Gasteiger partial charge in [0.25, 0.3) is 0 Å². The van der Waals surface area contributed by atoms with E-state index in [1.54, 1.807) is 0 Å². The predicted octanol–water partition coefficient (Wildman–Crippen LogP) is 5.65. The van der Waals surface area contributed by atoms with Crippen molar-refractivity contribution < 1.29 is 4.42 Å². The molecule has 0 radical (unpaired) electrons. The lowest BCUT2D eigenvalue weighted by atomic mass is 10.0. The molecular weight excluding hydrogens is 332 g/mol. The minimum Gasteiger partial charge on any atom is -0.441 e. The Morgan fingerprint density at radius 1 is 0.963 bits per heavy atom. The van der Waals surface area contributed by atoms with Gasteiger partial charge < -0.3 is 9.32 Å². The van der Waals surface area contributed by atoms with E-state index in [1.165, 1.54) is 36.1 Å². The molecule has 2 heterocycles. The summed E-state index contributed by atoms with van der Waals surface area (Å²) in [5, 5.41) is 0. The molecule has 3 heteroatoms. The fraction of sp³-hybridized carbons (Fsp3) is 0.375. The first kappa shape index (κ1) is 18.0. The highest BCUT2D eigenvalue weighted by molar-refractivity contribution is 5.67. The van der Waals surface area contributed by atoms with Crippen molar-refractivity contribution in [2.45, 2.75) is 46.1 Å². The molecule has 0 bridgehead atoms. The molecule has 0 aliphatic carbocycles. The second kappa shape index (κ2) is 7.69. The number of hydrogen-bond donors (Lipinski definition) is 0. The third-order valence-corrected chi connectivity index (χ3v) is 5.74. The molecule has 1 aliphatic rings. The van der Waals surface area contributed by atoms with Gasteiger partial charge in [-0.2, -0.15) is 0 Å². The lowest BCUT2D eigenvalue weighted by Gasteiger charge is -2.20. The number of hydrogen-bond acceptors (Lipinski definition) is 3. The molecule has 0 saturated carbocycles. The zero-order chi connectivity index (χ0) is 18.8. The van der Waals surface area contributed by atoms with Crippen molar-refractivity contribution in [1.82, 2.24) is 9.88 Å². The molecule has 4 rings (SSSR count). The summed E-state index contributed by atoms with van der Waals surface area (Å²) in [4.78, 5) is 7.35. The van der Waals surface area contributed by atoms with Crippen LogP contribution in [0.1, 0.15) is 36.8 Å². The molecule has 0 spiro atoms. The fourth-order valence-electron chi connectivity index (χ4n) is 3.91. The van der Waals surface area contributed by atoms with Gasteiger partial charge in [0.15, 0.2) is 0 Å². The van der Waals surface area contributed by atoms with Crippen LogP contribution in [0.25, 0.3) is 22.6 Å². The Morgan fingerprint density at radius 3 is 2.22 bits per heavy atom. The first-order valence-corrected chi connectivity index (χ1v) is 9.98. The van der Waals surface area contributed by atoms with Crippen molar-refractivity contribution in [2.75, 3.05) is 13.1 Å². The summed E-state index contributed by atoms with van der Waals surface area (Å²) in [6.45, 7) is 8.75. The highest BCUT2D eigenvalue weighted by Gasteiger charge is 2.21. The van der Waals surface area contributed by atoms with Crippen molar-refractivity contribution >= 4 is 0 Å². The van der Waals surface area contributed by atoms with Crippen molar-refractivity contribution in [2.24, 2.45) is 0 Å². The Morgan fingerprint density at radius 2 is 1.59 bits per heavy atom. The van der Waals surface area contributed by atoms with E-state index in [1.807, 2.05) is 6.92 Å². The summed E-state index contributed by atoms with van der Waals surface area (Å²) >= 11 is 0. The van der Waals surface area contributed by atoms with Crippen LogP contribution < -0.4 is 0 Å². The highest BCUT2D eigenvalue weighted by atomic mass is 16.4. The number of aromatic nitrogens is 1. The fourth-order valence-corrected chi connectivity index (χ4v) is 3.91. The molecule has 2 aromatic carbocycles. The Balaban J connectivity index is 1.47. The number of aryl methyl sites for hydroxylation is 2. The van der Waals surface area contributed by atoms with Crippen LogP contribution in [-0.4, -0.2) is 29.0 Å². The molecule has 3 aromatic rings. The molecule has 1 saturated heterocycles. The maximum Gasteiger partial charge on any atom is 0.226 e. The average Bonchev–Trinajstić information content (AvgIpc) is 3.26. The number of oxazole rings is 1. The van der Waals surface area contributed by atoms with E-state index in [-0.39, 0.29) is 0 Å². The smallest absolute Gasteiger partial charge is 0.226 e. The molecular formula is C24H28N2O. The zero-order valence-corrected chi connectivity index (χ0v) is 16.5. The Bertz CT molecular complexity index is 893. The third-order valence-electron chi connectivity index (χ3n) is 5.74. The molecule has 1 aliphatic heterocycles. The molecule has 0 N–H and O–H groups in total. The summed E-state index contributed by atoms with van der Waals surface area (Å²) < 4.78 is 5.97. The van der Waals surface area contributed by atoms with Crippen LogP contribution in [0.15, 0.2) is 52.9 Å². The lowest BCUT2D eigenvalue weighted by Crippen LogP contribution is -2.29. The Labute approximate surface area is 162 Å². The van der Waals surface area contributed by atoms with Crippen LogP contribution in [0, 0.1) is 13.8 Å². The van der Waals surface area contributed by atoms with Crippen LogP contribution in [0.3, 0.4) is 0 Å². The molecule has 140 valence electrons. The van der Waals surface area contributed by atoms with Crippen molar-refractivity contribution in [3.8, 4) is 22.6 Å². The summed E-state index contributed by atoms with van der Waals surface area (Å²) in [6.07, 6.45) is 3.59. The van der Waals surface area contributed by atoms with E-state index in [2.05, 4.69) is 67.3 Å². The molecule has 1 aromatic heterocycles. The SMILES string of the molecule is Cc1ccc(-c2ccc(-c3nc(CCN4CCCC4C)c(C)o3)cc2)cc1. The van der Waals surface area contributed by atoms with Crippen LogP contribution in [0.2, 0.25) is 0 Å². The largest absolute Gasteiger partial charge is 0.441 e.